The number of pyridine rings is 1. The highest BCUT2D eigenvalue weighted by Crippen LogP contribution is 2.15. The third-order valence-corrected chi connectivity index (χ3v) is 3.23. The van der Waals surface area contributed by atoms with Crippen molar-refractivity contribution in [1.82, 2.24) is 10.3 Å². The zero-order chi connectivity index (χ0) is 14.9. The first kappa shape index (κ1) is 15.2. The summed E-state index contributed by atoms with van der Waals surface area (Å²) in [5, 5.41) is 6.19. The van der Waals surface area contributed by atoms with Crippen LogP contribution in [0.15, 0.2) is 48.7 Å². The van der Waals surface area contributed by atoms with Crippen LogP contribution in [0.2, 0.25) is 0 Å². The predicted octanol–water partition coefficient (Wildman–Crippen LogP) is 2.76. The van der Waals surface area contributed by atoms with Crippen molar-refractivity contribution in [2.75, 3.05) is 11.9 Å². The van der Waals surface area contributed by atoms with E-state index in [1.54, 1.807) is 6.20 Å². The van der Waals surface area contributed by atoms with Gasteiger partial charge in [-0.2, -0.15) is 0 Å². The fourth-order valence-corrected chi connectivity index (χ4v) is 2.08. The second kappa shape index (κ2) is 8.17. The molecule has 21 heavy (non-hydrogen) atoms. The summed E-state index contributed by atoms with van der Waals surface area (Å²) in [5.74, 6) is 0.0319. The number of rotatable bonds is 7. The Kier molecular flexibility index (Phi) is 5.91. The number of aromatic nitrogens is 1. The number of hydrogen-bond donors (Lipinski definition) is 2. The van der Waals surface area contributed by atoms with Gasteiger partial charge in [0.1, 0.15) is 0 Å². The van der Waals surface area contributed by atoms with Gasteiger partial charge < -0.3 is 10.6 Å². The third kappa shape index (κ3) is 5.00. The minimum Gasteiger partial charge on any atom is -0.326 e. The normalized spacial score (nSPS) is 10.3. The lowest BCUT2D eigenvalue weighted by Crippen LogP contribution is -2.22. The van der Waals surface area contributed by atoms with Crippen LogP contribution >= 0.6 is 0 Å². The summed E-state index contributed by atoms with van der Waals surface area (Å²) in [4.78, 5) is 16.1. The molecule has 2 rings (SSSR count). The lowest BCUT2D eigenvalue weighted by Gasteiger charge is -2.10. The van der Waals surface area contributed by atoms with Crippen LogP contribution in [0.4, 0.5) is 5.69 Å². The van der Waals surface area contributed by atoms with Gasteiger partial charge in [-0.05, 0) is 30.2 Å². The fourth-order valence-electron chi connectivity index (χ4n) is 2.08. The molecular formula is C17H21N3O. The Morgan fingerprint density at radius 3 is 2.71 bits per heavy atom. The van der Waals surface area contributed by atoms with E-state index in [2.05, 4.69) is 22.5 Å². The maximum absolute atomic E-state index is 11.9. The Balaban J connectivity index is 1.72. The van der Waals surface area contributed by atoms with Crippen molar-refractivity contribution in [2.24, 2.45) is 0 Å². The van der Waals surface area contributed by atoms with Gasteiger partial charge >= 0.3 is 0 Å². The van der Waals surface area contributed by atoms with Crippen LogP contribution in [0.25, 0.3) is 0 Å². The standard InChI is InChI=1S/C17H21N3O/c1-2-14-7-3-4-9-16(14)20-17(21)10-12-18-13-15-8-5-6-11-19-15/h3-9,11,18H,2,10,12-13H2,1H3,(H,20,21). The summed E-state index contributed by atoms with van der Waals surface area (Å²) < 4.78 is 0. The molecule has 2 aromatic rings. The minimum absolute atomic E-state index is 0.0319. The van der Waals surface area contributed by atoms with E-state index in [-0.39, 0.29) is 5.91 Å². The van der Waals surface area contributed by atoms with Gasteiger partial charge in [-0.3, -0.25) is 9.78 Å². The lowest BCUT2D eigenvalue weighted by atomic mass is 10.1. The van der Waals surface area contributed by atoms with Crippen LogP contribution < -0.4 is 10.6 Å². The molecule has 0 aliphatic rings. The topological polar surface area (TPSA) is 54.0 Å². The largest absolute Gasteiger partial charge is 0.326 e. The number of carbonyl (C=O) groups excluding carboxylic acids is 1. The molecule has 2 N–H and O–H groups in total. The van der Waals surface area contributed by atoms with Crippen molar-refractivity contribution in [1.29, 1.82) is 0 Å². The number of nitrogens with zero attached hydrogens (tertiary/aromatic N) is 1. The highest BCUT2D eigenvalue weighted by atomic mass is 16.1. The number of carbonyl (C=O) groups is 1. The van der Waals surface area contributed by atoms with Crippen molar-refractivity contribution in [3.63, 3.8) is 0 Å². The molecule has 1 aromatic heterocycles. The van der Waals surface area contributed by atoms with Gasteiger partial charge in [0, 0.05) is 31.4 Å². The zero-order valence-electron chi connectivity index (χ0n) is 12.3. The molecule has 0 aliphatic heterocycles. The number of para-hydroxylation sites is 1. The molecular weight excluding hydrogens is 262 g/mol. The molecule has 4 nitrogen and oxygen atoms in total. The van der Waals surface area contributed by atoms with Crippen LogP contribution in [-0.4, -0.2) is 17.4 Å². The smallest absolute Gasteiger partial charge is 0.225 e. The number of hydrogen-bond acceptors (Lipinski definition) is 3. The number of amides is 1. The van der Waals surface area contributed by atoms with Crippen molar-refractivity contribution in [3.05, 3.63) is 59.9 Å². The molecule has 0 saturated carbocycles. The quantitative estimate of drug-likeness (QED) is 0.768. The summed E-state index contributed by atoms with van der Waals surface area (Å²) in [6.07, 6.45) is 3.13. The van der Waals surface area contributed by atoms with Gasteiger partial charge in [0.2, 0.25) is 5.91 Å². The first-order valence-electron chi connectivity index (χ1n) is 7.28. The molecule has 1 amide bonds. The summed E-state index contributed by atoms with van der Waals surface area (Å²) in [5.41, 5.74) is 3.05. The Bertz CT molecular complexity index is 569. The number of nitrogens with one attached hydrogen (secondary N) is 2. The Morgan fingerprint density at radius 2 is 1.95 bits per heavy atom. The highest BCUT2D eigenvalue weighted by Gasteiger charge is 2.05. The summed E-state index contributed by atoms with van der Waals surface area (Å²) in [7, 11) is 0. The maximum atomic E-state index is 11.9. The second-order valence-corrected chi connectivity index (χ2v) is 4.81. The molecule has 0 unspecified atom stereocenters. The van der Waals surface area contributed by atoms with Gasteiger partial charge in [0.05, 0.1) is 5.69 Å². The van der Waals surface area contributed by atoms with E-state index in [0.29, 0.717) is 19.5 Å². The summed E-state index contributed by atoms with van der Waals surface area (Å²) in [6.45, 7) is 3.40. The van der Waals surface area contributed by atoms with E-state index in [1.807, 2.05) is 42.5 Å². The number of benzene rings is 1. The van der Waals surface area contributed by atoms with Crippen molar-refractivity contribution < 1.29 is 4.79 Å². The van der Waals surface area contributed by atoms with E-state index < -0.39 is 0 Å². The third-order valence-electron chi connectivity index (χ3n) is 3.23. The Morgan fingerprint density at radius 1 is 1.14 bits per heavy atom. The van der Waals surface area contributed by atoms with Crippen LogP contribution in [0.1, 0.15) is 24.6 Å². The van der Waals surface area contributed by atoms with E-state index in [1.165, 1.54) is 0 Å². The molecule has 0 radical (unpaired) electrons. The SMILES string of the molecule is CCc1ccccc1NC(=O)CCNCc1ccccn1. The van der Waals surface area contributed by atoms with Crippen LogP contribution in [0.3, 0.4) is 0 Å². The monoisotopic (exact) mass is 283 g/mol. The molecule has 1 aromatic carbocycles. The molecule has 4 heteroatoms. The average Bonchev–Trinajstić information content (AvgIpc) is 2.53. The maximum Gasteiger partial charge on any atom is 0.225 e. The Hall–Kier alpha value is -2.20. The van der Waals surface area contributed by atoms with Gasteiger partial charge in [0.15, 0.2) is 0 Å². The Labute approximate surface area is 125 Å². The first-order chi connectivity index (χ1) is 10.3. The molecule has 110 valence electrons. The second-order valence-electron chi connectivity index (χ2n) is 4.81. The molecule has 0 saturated heterocycles. The van der Waals surface area contributed by atoms with Gasteiger partial charge in [-0.1, -0.05) is 31.2 Å². The summed E-state index contributed by atoms with van der Waals surface area (Å²) >= 11 is 0. The van der Waals surface area contributed by atoms with Crippen LogP contribution in [0.5, 0.6) is 0 Å². The van der Waals surface area contributed by atoms with Crippen LogP contribution in [0, 0.1) is 0 Å². The predicted molar refractivity (Wildman–Crippen MR) is 85.0 cm³/mol. The zero-order valence-corrected chi connectivity index (χ0v) is 12.3. The fraction of sp³-hybridized carbons (Fsp3) is 0.294. The van der Waals surface area contributed by atoms with Gasteiger partial charge in [-0.25, -0.2) is 0 Å². The number of aryl methyl sites for hydroxylation is 1. The average molecular weight is 283 g/mol. The van der Waals surface area contributed by atoms with E-state index in [9.17, 15) is 4.79 Å². The highest BCUT2D eigenvalue weighted by molar-refractivity contribution is 5.91. The van der Waals surface area contributed by atoms with Crippen molar-refractivity contribution in [3.8, 4) is 0 Å². The van der Waals surface area contributed by atoms with E-state index >= 15 is 0 Å². The first-order valence-corrected chi connectivity index (χ1v) is 7.28. The molecule has 0 aliphatic carbocycles. The molecule has 0 spiro atoms. The minimum atomic E-state index is 0.0319. The van der Waals surface area contributed by atoms with Gasteiger partial charge in [-0.15, -0.1) is 0 Å². The molecule has 0 bridgehead atoms. The summed E-state index contributed by atoms with van der Waals surface area (Å²) in [6, 6.07) is 13.7. The van der Waals surface area contributed by atoms with Crippen LogP contribution in [-0.2, 0) is 17.8 Å². The molecule has 0 fully saturated rings. The van der Waals surface area contributed by atoms with Crippen molar-refractivity contribution >= 4 is 11.6 Å². The van der Waals surface area contributed by atoms with E-state index in [0.717, 1.165) is 23.4 Å². The van der Waals surface area contributed by atoms with E-state index in [4.69, 9.17) is 0 Å². The molecule has 0 atom stereocenters. The lowest BCUT2D eigenvalue weighted by molar-refractivity contribution is -0.116. The molecule has 1 heterocycles. The van der Waals surface area contributed by atoms with Gasteiger partial charge in [0.25, 0.3) is 0 Å². The number of anilines is 1. The van der Waals surface area contributed by atoms with Crippen molar-refractivity contribution in [2.45, 2.75) is 26.3 Å².